The van der Waals surface area contributed by atoms with Crippen molar-refractivity contribution >= 4 is 23.4 Å². The molecule has 0 spiro atoms. The van der Waals surface area contributed by atoms with E-state index in [0.717, 1.165) is 5.75 Å². The first-order valence-electron chi connectivity index (χ1n) is 4.42. The van der Waals surface area contributed by atoms with Crippen LogP contribution in [-0.2, 0) is 5.75 Å². The zero-order valence-corrected chi connectivity index (χ0v) is 9.04. The summed E-state index contributed by atoms with van der Waals surface area (Å²) in [6.45, 7) is 0. The standard InChI is InChI=1S/C10H10ClFOS/c11-7-1-2-8(12)6-5-14-4-3-9(13)10(6)7/h1-2,9,13H,3-5H2/t9-/m0/s1. The molecule has 0 radical (unpaired) electrons. The van der Waals surface area contributed by atoms with Crippen molar-refractivity contribution in [1.29, 1.82) is 0 Å². The van der Waals surface area contributed by atoms with Gasteiger partial charge in [-0.05, 0) is 24.3 Å². The van der Waals surface area contributed by atoms with Crippen LogP contribution in [0.2, 0.25) is 5.02 Å². The molecule has 14 heavy (non-hydrogen) atoms. The molecule has 1 aromatic carbocycles. The van der Waals surface area contributed by atoms with Crippen LogP contribution >= 0.6 is 23.4 Å². The van der Waals surface area contributed by atoms with Gasteiger partial charge in [-0.2, -0.15) is 11.8 Å². The van der Waals surface area contributed by atoms with Crippen LogP contribution in [0.25, 0.3) is 0 Å². The topological polar surface area (TPSA) is 20.2 Å². The average Bonchev–Trinajstić information content (AvgIpc) is 2.35. The number of fused-ring (bicyclic) bond motifs is 1. The molecule has 0 unspecified atom stereocenters. The van der Waals surface area contributed by atoms with Crippen molar-refractivity contribution < 1.29 is 9.50 Å². The Morgan fingerprint density at radius 3 is 3.07 bits per heavy atom. The highest BCUT2D eigenvalue weighted by molar-refractivity contribution is 7.98. The number of hydrogen-bond acceptors (Lipinski definition) is 2. The Morgan fingerprint density at radius 2 is 2.29 bits per heavy atom. The molecule has 2 rings (SSSR count). The summed E-state index contributed by atoms with van der Waals surface area (Å²) < 4.78 is 13.4. The van der Waals surface area contributed by atoms with E-state index in [1.165, 1.54) is 12.1 Å². The smallest absolute Gasteiger partial charge is 0.127 e. The number of thioether (sulfide) groups is 1. The number of halogens is 2. The largest absolute Gasteiger partial charge is 0.388 e. The second kappa shape index (κ2) is 4.09. The molecule has 1 aromatic rings. The van der Waals surface area contributed by atoms with Crippen molar-refractivity contribution in [2.24, 2.45) is 0 Å². The molecule has 0 saturated heterocycles. The summed E-state index contributed by atoms with van der Waals surface area (Å²) in [7, 11) is 0. The van der Waals surface area contributed by atoms with Gasteiger partial charge in [-0.25, -0.2) is 4.39 Å². The van der Waals surface area contributed by atoms with Crippen LogP contribution in [0.15, 0.2) is 12.1 Å². The van der Waals surface area contributed by atoms with Crippen LogP contribution < -0.4 is 0 Å². The Hall–Kier alpha value is -0.250. The Labute approximate surface area is 91.3 Å². The molecule has 76 valence electrons. The lowest BCUT2D eigenvalue weighted by molar-refractivity contribution is 0.174. The molecule has 4 heteroatoms. The van der Waals surface area contributed by atoms with Crippen LogP contribution in [0.3, 0.4) is 0 Å². The van der Waals surface area contributed by atoms with E-state index in [2.05, 4.69) is 0 Å². The number of aliphatic hydroxyl groups excluding tert-OH is 1. The number of aliphatic hydroxyl groups is 1. The zero-order valence-electron chi connectivity index (χ0n) is 7.46. The average molecular weight is 233 g/mol. The molecule has 1 N–H and O–H groups in total. The van der Waals surface area contributed by atoms with Gasteiger partial charge in [-0.1, -0.05) is 11.6 Å². The minimum atomic E-state index is -0.622. The van der Waals surface area contributed by atoms with Crippen molar-refractivity contribution in [3.05, 3.63) is 34.1 Å². The van der Waals surface area contributed by atoms with Gasteiger partial charge < -0.3 is 5.11 Å². The van der Waals surface area contributed by atoms with Crippen molar-refractivity contribution in [2.45, 2.75) is 18.3 Å². The molecule has 0 aromatic heterocycles. The molecule has 1 aliphatic rings. The molecule has 1 atom stereocenters. The molecule has 0 saturated carbocycles. The molecule has 0 amide bonds. The predicted octanol–water partition coefficient (Wildman–Crippen LogP) is 3.15. The third-order valence-electron chi connectivity index (χ3n) is 2.36. The highest BCUT2D eigenvalue weighted by atomic mass is 35.5. The molecular formula is C10H10ClFOS. The first-order valence-corrected chi connectivity index (χ1v) is 5.96. The maximum absolute atomic E-state index is 13.4. The van der Waals surface area contributed by atoms with E-state index in [0.29, 0.717) is 28.3 Å². The van der Waals surface area contributed by atoms with Gasteiger partial charge >= 0.3 is 0 Å². The number of rotatable bonds is 0. The molecule has 0 bridgehead atoms. The monoisotopic (exact) mass is 232 g/mol. The van der Waals surface area contributed by atoms with Crippen LogP contribution in [0.1, 0.15) is 23.7 Å². The van der Waals surface area contributed by atoms with Crippen molar-refractivity contribution in [3.63, 3.8) is 0 Å². The van der Waals surface area contributed by atoms with Crippen LogP contribution in [0, 0.1) is 5.82 Å². The summed E-state index contributed by atoms with van der Waals surface area (Å²) in [5.74, 6) is 1.17. The summed E-state index contributed by atoms with van der Waals surface area (Å²) in [6.07, 6.45) is 0.0177. The Morgan fingerprint density at radius 1 is 1.50 bits per heavy atom. The predicted molar refractivity (Wildman–Crippen MR) is 57.1 cm³/mol. The molecule has 1 nitrogen and oxygen atoms in total. The highest BCUT2D eigenvalue weighted by Crippen LogP contribution is 2.36. The van der Waals surface area contributed by atoms with E-state index in [4.69, 9.17) is 11.6 Å². The maximum Gasteiger partial charge on any atom is 0.127 e. The van der Waals surface area contributed by atoms with Gasteiger partial charge in [0, 0.05) is 21.9 Å². The van der Waals surface area contributed by atoms with Gasteiger partial charge in [-0.15, -0.1) is 0 Å². The quantitative estimate of drug-likeness (QED) is 0.742. The Bertz CT molecular complexity index is 356. The lowest BCUT2D eigenvalue weighted by Crippen LogP contribution is -2.02. The minimum Gasteiger partial charge on any atom is -0.388 e. The fourth-order valence-corrected chi connectivity index (χ4v) is 2.96. The maximum atomic E-state index is 13.4. The molecule has 0 aliphatic carbocycles. The Balaban J connectivity index is 2.57. The van der Waals surface area contributed by atoms with Gasteiger partial charge in [0.15, 0.2) is 0 Å². The van der Waals surface area contributed by atoms with E-state index in [1.54, 1.807) is 11.8 Å². The van der Waals surface area contributed by atoms with Crippen LogP contribution in [-0.4, -0.2) is 10.9 Å². The van der Waals surface area contributed by atoms with Gasteiger partial charge in [0.05, 0.1) is 6.10 Å². The minimum absolute atomic E-state index is 0.266. The third-order valence-corrected chi connectivity index (χ3v) is 3.71. The van der Waals surface area contributed by atoms with Crippen LogP contribution in [0.5, 0.6) is 0 Å². The fourth-order valence-electron chi connectivity index (χ4n) is 1.63. The lowest BCUT2D eigenvalue weighted by atomic mass is 10.0. The third kappa shape index (κ3) is 1.76. The van der Waals surface area contributed by atoms with E-state index in [9.17, 15) is 9.50 Å². The van der Waals surface area contributed by atoms with E-state index in [1.807, 2.05) is 0 Å². The number of benzene rings is 1. The van der Waals surface area contributed by atoms with E-state index < -0.39 is 6.10 Å². The summed E-state index contributed by atoms with van der Waals surface area (Å²) in [6, 6.07) is 2.87. The number of hydrogen-bond donors (Lipinski definition) is 1. The van der Waals surface area contributed by atoms with E-state index in [-0.39, 0.29) is 5.82 Å². The van der Waals surface area contributed by atoms with Crippen molar-refractivity contribution in [3.8, 4) is 0 Å². The van der Waals surface area contributed by atoms with Gasteiger partial charge in [0.2, 0.25) is 0 Å². The second-order valence-corrected chi connectivity index (χ2v) is 4.79. The van der Waals surface area contributed by atoms with Gasteiger partial charge in [-0.3, -0.25) is 0 Å². The van der Waals surface area contributed by atoms with Crippen LogP contribution in [0.4, 0.5) is 4.39 Å². The van der Waals surface area contributed by atoms with Crippen molar-refractivity contribution in [2.75, 3.05) is 5.75 Å². The summed E-state index contributed by atoms with van der Waals surface area (Å²) in [4.78, 5) is 0. The van der Waals surface area contributed by atoms with Gasteiger partial charge in [0.1, 0.15) is 5.82 Å². The first kappa shape index (κ1) is 10.3. The van der Waals surface area contributed by atoms with Gasteiger partial charge in [0.25, 0.3) is 0 Å². The zero-order chi connectivity index (χ0) is 10.1. The normalized spacial score (nSPS) is 21.5. The van der Waals surface area contributed by atoms with E-state index >= 15 is 0 Å². The lowest BCUT2D eigenvalue weighted by Gasteiger charge is -2.13. The molecule has 1 aliphatic heterocycles. The molecule has 1 heterocycles. The molecular weight excluding hydrogens is 223 g/mol. The molecule has 0 fully saturated rings. The van der Waals surface area contributed by atoms with Crippen molar-refractivity contribution in [1.82, 2.24) is 0 Å². The fraction of sp³-hybridized carbons (Fsp3) is 0.400. The summed E-state index contributed by atoms with van der Waals surface area (Å²) in [5.41, 5.74) is 1.14. The first-order chi connectivity index (χ1) is 6.70. The SMILES string of the molecule is O[C@H]1CCSCc2c(F)ccc(Cl)c21. The summed E-state index contributed by atoms with van der Waals surface area (Å²) >= 11 is 7.57. The highest BCUT2D eigenvalue weighted by Gasteiger charge is 2.22. The Kier molecular flexibility index (Phi) is 3.00. The summed E-state index contributed by atoms with van der Waals surface area (Å²) in [5, 5.41) is 10.3. The second-order valence-electron chi connectivity index (χ2n) is 3.28.